The second-order valence-electron chi connectivity index (χ2n) is 2.32. The summed E-state index contributed by atoms with van der Waals surface area (Å²) < 4.78 is 4.78. The minimum absolute atomic E-state index is 0. The monoisotopic (exact) mass is 120 g/mol. The molecule has 0 heterocycles. The Morgan fingerprint density at radius 1 is 1.38 bits per heavy atom. The Labute approximate surface area is 64.1 Å². The van der Waals surface area contributed by atoms with E-state index in [1.165, 1.54) is 0 Å². The van der Waals surface area contributed by atoms with Gasteiger partial charge in [-0.1, -0.05) is 0 Å². The molecule has 0 amide bonds. The van der Waals surface area contributed by atoms with E-state index in [1.54, 1.807) is 0 Å². The minimum Gasteiger partial charge on any atom is -0.650 e. The van der Waals surface area contributed by atoms with Gasteiger partial charge in [-0.05, 0) is 19.6 Å². The van der Waals surface area contributed by atoms with Gasteiger partial charge in [0.25, 0.3) is 8.32 Å². The van der Waals surface area contributed by atoms with Crippen LogP contribution in [0.1, 0.15) is 0 Å². The summed E-state index contributed by atoms with van der Waals surface area (Å²) in [5, 5.41) is 0. The van der Waals surface area contributed by atoms with Gasteiger partial charge >= 0.3 is 18.9 Å². The summed E-state index contributed by atoms with van der Waals surface area (Å²) in [6, 6.07) is 0. The van der Waals surface area contributed by atoms with Crippen molar-refractivity contribution in [1.82, 2.24) is 0 Å². The van der Waals surface area contributed by atoms with Gasteiger partial charge in [-0.3, -0.25) is 0 Å². The maximum atomic E-state index is 6.42. The second-order valence-corrected chi connectivity index (χ2v) is 6.75. The molecule has 0 aliphatic heterocycles. The average molecular weight is 120 g/mol. The molecule has 0 N–H and O–H groups in total. The van der Waals surface area contributed by atoms with E-state index in [-0.39, 0.29) is 18.9 Å². The fourth-order valence-corrected chi connectivity index (χ4v) is 0.459. The van der Waals surface area contributed by atoms with Gasteiger partial charge in [-0.2, -0.15) is 6.11 Å². The zero-order valence-corrected chi connectivity index (χ0v) is 6.91. The summed E-state index contributed by atoms with van der Waals surface area (Å²) in [5.41, 5.74) is 0. The van der Waals surface area contributed by atoms with E-state index in [1.807, 2.05) is 25.7 Å². The van der Waals surface area contributed by atoms with Crippen molar-refractivity contribution in [3.63, 3.8) is 0 Å². The Balaban J connectivity index is 0. The Hall–Kier alpha value is 0.174. The van der Waals surface area contributed by atoms with Crippen molar-refractivity contribution in [3.8, 4) is 6.11 Å². The minimum atomic E-state index is -1.46. The zero-order valence-electron chi connectivity index (χ0n) is 5.91. The van der Waals surface area contributed by atoms with Crippen molar-refractivity contribution < 1.29 is 23.3 Å². The first-order valence-corrected chi connectivity index (χ1v) is 5.57. The fourth-order valence-electron chi connectivity index (χ4n) is 0.153. The van der Waals surface area contributed by atoms with Gasteiger partial charge in [-0.25, -0.2) is 0 Å². The van der Waals surface area contributed by atoms with E-state index in [0.717, 1.165) is 0 Å². The molecule has 0 atom stereocenters. The first-order chi connectivity index (χ1) is 3.06. The fraction of sp³-hybridized carbons (Fsp3) is 0.600. The predicted molar refractivity (Wildman–Crippen MR) is 31.6 cm³/mol. The first-order valence-electron chi connectivity index (χ1n) is 2.16. The number of hydrogen-bond acceptors (Lipinski definition) is 1. The van der Waals surface area contributed by atoms with Crippen LogP contribution in [0.2, 0.25) is 19.6 Å². The molecule has 8 heavy (non-hydrogen) atoms. The molecule has 0 saturated heterocycles. The normalized spacial score (nSPS) is 8.75. The Bertz CT molecular complexity index is 89.6. The number of rotatable bonds is 1. The van der Waals surface area contributed by atoms with Crippen molar-refractivity contribution in [1.29, 1.82) is 0 Å². The molecule has 1 nitrogen and oxygen atoms in total. The van der Waals surface area contributed by atoms with Crippen LogP contribution in [0.15, 0.2) is 0 Å². The van der Waals surface area contributed by atoms with Gasteiger partial charge in [0.1, 0.15) is 0 Å². The van der Waals surface area contributed by atoms with Crippen molar-refractivity contribution in [2.45, 2.75) is 19.6 Å². The standard InChI is InChI=1S/C5H9OSi.Li/c1-5-6-7(2,3)4;/h2-4H3;/q-1;+1. The van der Waals surface area contributed by atoms with Crippen LogP contribution in [0.4, 0.5) is 0 Å². The van der Waals surface area contributed by atoms with E-state index in [0.29, 0.717) is 0 Å². The average Bonchev–Trinajstić information content (AvgIpc) is 1.30. The molecule has 0 aromatic heterocycles. The molecular formula is C5H9LiOSi. The zero-order chi connectivity index (χ0) is 5.91. The SMILES string of the molecule is [C-]#CO[Si](C)(C)C.[Li+]. The topological polar surface area (TPSA) is 9.23 Å². The first kappa shape index (κ1) is 11.0. The predicted octanol–water partition coefficient (Wildman–Crippen LogP) is -1.61. The molecule has 0 aliphatic carbocycles. The van der Waals surface area contributed by atoms with E-state index in [9.17, 15) is 0 Å². The summed E-state index contributed by atoms with van der Waals surface area (Å²) in [4.78, 5) is 0. The Kier molecular flexibility index (Phi) is 5.65. The molecule has 0 unspecified atom stereocenters. The third kappa shape index (κ3) is 9.49. The molecule has 0 fully saturated rings. The van der Waals surface area contributed by atoms with Gasteiger partial charge in [0, 0.05) is 0 Å². The van der Waals surface area contributed by atoms with Crippen molar-refractivity contribution >= 4 is 8.32 Å². The molecular weight excluding hydrogens is 111 g/mol. The molecule has 0 rings (SSSR count). The summed E-state index contributed by atoms with van der Waals surface area (Å²) in [6.07, 6.45) is 8.34. The van der Waals surface area contributed by atoms with Crippen LogP contribution in [-0.4, -0.2) is 8.32 Å². The van der Waals surface area contributed by atoms with Crippen LogP contribution in [0.25, 0.3) is 0 Å². The van der Waals surface area contributed by atoms with E-state index < -0.39 is 8.32 Å². The molecule has 0 saturated carbocycles. The summed E-state index contributed by atoms with van der Waals surface area (Å²) in [6.45, 7) is 6.03. The molecule has 0 radical (unpaired) electrons. The van der Waals surface area contributed by atoms with Gasteiger partial charge < -0.3 is 10.8 Å². The van der Waals surface area contributed by atoms with Crippen molar-refractivity contribution in [2.24, 2.45) is 0 Å². The van der Waals surface area contributed by atoms with Gasteiger partial charge in [0.05, 0.1) is 0 Å². The second kappa shape index (κ2) is 4.09. The molecule has 0 spiro atoms. The molecule has 40 valence electrons. The molecule has 0 bridgehead atoms. The molecule has 0 aromatic carbocycles. The van der Waals surface area contributed by atoms with Crippen LogP contribution in [0.5, 0.6) is 0 Å². The van der Waals surface area contributed by atoms with Gasteiger partial charge in [0.2, 0.25) is 0 Å². The summed E-state index contributed by atoms with van der Waals surface area (Å²) in [7, 11) is -1.46. The quantitative estimate of drug-likeness (QED) is 0.230. The van der Waals surface area contributed by atoms with Crippen LogP contribution >= 0.6 is 0 Å². The van der Waals surface area contributed by atoms with Gasteiger partial charge in [-0.15, -0.1) is 0 Å². The van der Waals surface area contributed by atoms with Crippen LogP contribution in [0, 0.1) is 12.5 Å². The third-order valence-corrected chi connectivity index (χ3v) is 1.07. The summed E-state index contributed by atoms with van der Waals surface area (Å²) >= 11 is 0. The maximum Gasteiger partial charge on any atom is 1.00 e. The van der Waals surface area contributed by atoms with Crippen molar-refractivity contribution in [2.75, 3.05) is 0 Å². The van der Waals surface area contributed by atoms with E-state index in [4.69, 9.17) is 10.8 Å². The number of hydrogen-bond donors (Lipinski definition) is 0. The Morgan fingerprint density at radius 3 is 1.75 bits per heavy atom. The maximum absolute atomic E-state index is 6.42. The smallest absolute Gasteiger partial charge is 0.650 e. The molecule has 0 aliphatic rings. The third-order valence-electron chi connectivity index (χ3n) is 0.357. The van der Waals surface area contributed by atoms with E-state index >= 15 is 0 Å². The van der Waals surface area contributed by atoms with Gasteiger partial charge in [0.15, 0.2) is 0 Å². The molecule has 3 heteroatoms. The summed E-state index contributed by atoms with van der Waals surface area (Å²) in [5.74, 6) is 0. The van der Waals surface area contributed by atoms with Crippen LogP contribution < -0.4 is 18.9 Å². The van der Waals surface area contributed by atoms with Crippen LogP contribution in [0.3, 0.4) is 0 Å². The van der Waals surface area contributed by atoms with Crippen LogP contribution in [-0.2, 0) is 4.43 Å². The Morgan fingerprint density at radius 2 is 1.75 bits per heavy atom. The van der Waals surface area contributed by atoms with Crippen molar-refractivity contribution in [3.05, 3.63) is 6.42 Å². The van der Waals surface area contributed by atoms with E-state index in [2.05, 4.69) is 0 Å². The molecule has 0 aromatic rings. The largest absolute Gasteiger partial charge is 1.00 e.